The van der Waals surface area contributed by atoms with E-state index in [1.807, 2.05) is 6.92 Å². The van der Waals surface area contributed by atoms with Crippen LogP contribution in [0, 0.1) is 13.8 Å². The molecule has 2 N–H and O–H groups in total. The average Bonchev–Trinajstić information content (AvgIpc) is 2.73. The molecule has 2 heterocycles. The van der Waals surface area contributed by atoms with Crippen molar-refractivity contribution in [3.8, 4) is 0 Å². The van der Waals surface area contributed by atoms with Crippen LogP contribution in [-0.2, 0) is 10.0 Å². The van der Waals surface area contributed by atoms with Crippen molar-refractivity contribution < 1.29 is 13.2 Å². The number of amides is 2. The monoisotopic (exact) mass is 343 g/mol. The van der Waals surface area contributed by atoms with Gasteiger partial charge in [0, 0.05) is 32.7 Å². The first-order valence-corrected chi connectivity index (χ1v) is 9.36. The van der Waals surface area contributed by atoms with Crippen LogP contribution in [0.5, 0.6) is 0 Å². The van der Waals surface area contributed by atoms with Crippen molar-refractivity contribution in [1.82, 2.24) is 24.7 Å². The largest absolute Gasteiger partial charge is 0.338 e. The molecule has 0 aliphatic carbocycles. The number of urea groups is 1. The number of H-pyrrole nitrogens is 1. The van der Waals surface area contributed by atoms with Gasteiger partial charge in [-0.2, -0.15) is 9.40 Å². The molecule has 0 bridgehead atoms. The van der Waals surface area contributed by atoms with E-state index in [0.717, 1.165) is 6.42 Å². The number of rotatable bonds is 4. The maximum absolute atomic E-state index is 12.8. The highest BCUT2D eigenvalue weighted by Gasteiger charge is 2.31. The maximum atomic E-state index is 12.8. The third-order valence-corrected chi connectivity index (χ3v) is 6.09. The number of nitrogens with one attached hydrogen (secondary N) is 2. The molecule has 0 unspecified atom stereocenters. The Hall–Kier alpha value is -1.61. The van der Waals surface area contributed by atoms with E-state index in [2.05, 4.69) is 15.5 Å². The number of sulfonamides is 1. The van der Waals surface area contributed by atoms with Crippen LogP contribution in [0.4, 0.5) is 4.79 Å². The minimum atomic E-state index is -3.59. The van der Waals surface area contributed by atoms with E-state index >= 15 is 0 Å². The van der Waals surface area contributed by atoms with Gasteiger partial charge in [0.05, 0.1) is 11.4 Å². The summed E-state index contributed by atoms with van der Waals surface area (Å²) in [6.07, 6.45) is 1.49. The molecule has 1 aliphatic heterocycles. The Morgan fingerprint density at radius 2 is 2.00 bits per heavy atom. The first-order chi connectivity index (χ1) is 10.9. The number of aryl methyl sites for hydroxylation is 2. The lowest BCUT2D eigenvalue weighted by Crippen LogP contribution is -2.42. The van der Waals surface area contributed by atoms with E-state index in [9.17, 15) is 13.2 Å². The summed E-state index contributed by atoms with van der Waals surface area (Å²) in [5.41, 5.74) is 1.02. The number of nitrogens with zero attached hydrogens (tertiary/aromatic N) is 3. The zero-order valence-corrected chi connectivity index (χ0v) is 14.7. The van der Waals surface area contributed by atoms with Crippen molar-refractivity contribution in [3.63, 3.8) is 0 Å². The van der Waals surface area contributed by atoms with Crippen LogP contribution in [-0.4, -0.2) is 66.6 Å². The van der Waals surface area contributed by atoms with Crippen LogP contribution in [0.3, 0.4) is 0 Å². The van der Waals surface area contributed by atoms with Gasteiger partial charge in [-0.15, -0.1) is 0 Å². The molecule has 9 heteroatoms. The van der Waals surface area contributed by atoms with Gasteiger partial charge in [-0.05, 0) is 26.7 Å². The molecule has 130 valence electrons. The van der Waals surface area contributed by atoms with Gasteiger partial charge in [-0.25, -0.2) is 13.2 Å². The summed E-state index contributed by atoms with van der Waals surface area (Å²) in [7, 11) is -3.59. The molecule has 1 aromatic rings. The molecule has 1 aromatic heterocycles. The van der Waals surface area contributed by atoms with Gasteiger partial charge in [0.15, 0.2) is 0 Å². The predicted octanol–water partition coefficient (Wildman–Crippen LogP) is 0.843. The average molecular weight is 343 g/mol. The van der Waals surface area contributed by atoms with Crippen molar-refractivity contribution in [2.45, 2.75) is 38.5 Å². The van der Waals surface area contributed by atoms with E-state index in [1.54, 1.807) is 18.7 Å². The van der Waals surface area contributed by atoms with E-state index < -0.39 is 10.0 Å². The summed E-state index contributed by atoms with van der Waals surface area (Å²) < 4.78 is 27.1. The fraction of sp³-hybridized carbons (Fsp3) is 0.714. The molecule has 0 spiro atoms. The van der Waals surface area contributed by atoms with Crippen molar-refractivity contribution in [1.29, 1.82) is 0 Å². The Kier molecular flexibility index (Phi) is 5.64. The SMILES string of the molecule is CCCNC(=O)N1CCCN(S(=O)(=O)c2c(C)n[nH]c2C)CC1. The van der Waals surface area contributed by atoms with Crippen molar-refractivity contribution >= 4 is 16.1 Å². The van der Waals surface area contributed by atoms with Gasteiger partial charge in [0.25, 0.3) is 0 Å². The fourth-order valence-electron chi connectivity index (χ4n) is 2.73. The smallest absolute Gasteiger partial charge is 0.317 e. The Balaban J connectivity index is 2.10. The standard InChI is InChI=1S/C14H25N5O3S/c1-4-6-15-14(20)18-7-5-8-19(10-9-18)23(21,22)13-11(2)16-17-12(13)3/h4-10H2,1-3H3,(H,15,20)(H,16,17). The summed E-state index contributed by atoms with van der Waals surface area (Å²) in [6, 6.07) is -0.123. The maximum Gasteiger partial charge on any atom is 0.317 e. The van der Waals surface area contributed by atoms with Crippen LogP contribution in [0.25, 0.3) is 0 Å². The second-order valence-corrected chi connectivity index (χ2v) is 7.61. The summed E-state index contributed by atoms with van der Waals surface area (Å²) in [4.78, 5) is 14.0. The molecule has 0 atom stereocenters. The lowest BCUT2D eigenvalue weighted by atomic mass is 10.4. The Morgan fingerprint density at radius 3 is 2.61 bits per heavy atom. The summed E-state index contributed by atoms with van der Waals surface area (Å²) in [5.74, 6) is 0. The van der Waals surface area contributed by atoms with Gasteiger partial charge < -0.3 is 10.2 Å². The highest BCUT2D eigenvalue weighted by atomic mass is 32.2. The third kappa shape index (κ3) is 3.84. The zero-order valence-electron chi connectivity index (χ0n) is 13.9. The van der Waals surface area contributed by atoms with Gasteiger partial charge in [-0.1, -0.05) is 6.92 Å². The minimum Gasteiger partial charge on any atom is -0.338 e. The van der Waals surface area contributed by atoms with Gasteiger partial charge in [-0.3, -0.25) is 5.10 Å². The van der Waals surface area contributed by atoms with Crippen LogP contribution in [0.2, 0.25) is 0 Å². The first kappa shape index (κ1) is 17.7. The number of hydrogen-bond acceptors (Lipinski definition) is 4. The highest BCUT2D eigenvalue weighted by Crippen LogP contribution is 2.22. The molecule has 8 nitrogen and oxygen atoms in total. The van der Waals surface area contributed by atoms with Crippen molar-refractivity contribution in [2.75, 3.05) is 32.7 Å². The highest BCUT2D eigenvalue weighted by molar-refractivity contribution is 7.89. The molecule has 23 heavy (non-hydrogen) atoms. The molecule has 0 radical (unpaired) electrons. The lowest BCUT2D eigenvalue weighted by molar-refractivity contribution is 0.200. The Labute approximate surface area is 137 Å². The molecule has 1 saturated heterocycles. The van der Waals surface area contributed by atoms with Crippen molar-refractivity contribution in [3.05, 3.63) is 11.4 Å². The van der Waals surface area contributed by atoms with Gasteiger partial charge in [0.1, 0.15) is 4.90 Å². The van der Waals surface area contributed by atoms with E-state index in [0.29, 0.717) is 50.5 Å². The van der Waals surface area contributed by atoms with E-state index in [4.69, 9.17) is 0 Å². The van der Waals surface area contributed by atoms with Crippen LogP contribution in [0.1, 0.15) is 31.2 Å². The Bertz CT molecular complexity index is 636. The topological polar surface area (TPSA) is 98.4 Å². The zero-order chi connectivity index (χ0) is 17.0. The number of aromatic amines is 1. The van der Waals surface area contributed by atoms with Gasteiger partial charge >= 0.3 is 6.03 Å². The summed E-state index contributed by atoms with van der Waals surface area (Å²) in [5, 5.41) is 9.52. The normalized spacial score (nSPS) is 17.1. The second kappa shape index (κ2) is 7.31. The molecule has 0 aromatic carbocycles. The quantitative estimate of drug-likeness (QED) is 0.846. The third-order valence-electron chi connectivity index (χ3n) is 3.93. The molecule has 0 saturated carbocycles. The van der Waals surface area contributed by atoms with E-state index in [1.165, 1.54) is 4.31 Å². The van der Waals surface area contributed by atoms with Crippen LogP contribution >= 0.6 is 0 Å². The Morgan fingerprint density at radius 1 is 1.26 bits per heavy atom. The predicted molar refractivity (Wildman–Crippen MR) is 86.7 cm³/mol. The van der Waals surface area contributed by atoms with Crippen LogP contribution in [0.15, 0.2) is 4.90 Å². The minimum absolute atomic E-state index is 0.123. The second-order valence-electron chi connectivity index (χ2n) is 5.74. The van der Waals surface area contributed by atoms with Gasteiger partial charge in [0.2, 0.25) is 10.0 Å². The number of carbonyl (C=O) groups excluding carboxylic acids is 1. The van der Waals surface area contributed by atoms with Crippen molar-refractivity contribution in [2.24, 2.45) is 0 Å². The molecule has 2 rings (SSSR count). The molecular weight excluding hydrogens is 318 g/mol. The molecule has 1 aliphatic rings. The van der Waals surface area contributed by atoms with Crippen LogP contribution < -0.4 is 5.32 Å². The number of hydrogen-bond donors (Lipinski definition) is 2. The molecular formula is C14H25N5O3S. The molecule has 1 fully saturated rings. The number of carbonyl (C=O) groups is 1. The molecule has 2 amide bonds. The van der Waals surface area contributed by atoms with E-state index in [-0.39, 0.29) is 10.9 Å². The summed E-state index contributed by atoms with van der Waals surface area (Å²) in [6.45, 7) is 7.66. The number of aromatic nitrogens is 2. The lowest BCUT2D eigenvalue weighted by Gasteiger charge is -2.22. The first-order valence-electron chi connectivity index (χ1n) is 7.92. The fourth-order valence-corrected chi connectivity index (χ4v) is 4.53. The summed E-state index contributed by atoms with van der Waals surface area (Å²) >= 11 is 0.